The van der Waals surface area contributed by atoms with Gasteiger partial charge in [0.1, 0.15) is 6.73 Å². The molecule has 1 N–H and O–H groups in total. The minimum absolute atomic E-state index is 0.229. The predicted molar refractivity (Wildman–Crippen MR) is 51.7 cm³/mol. The molecule has 0 aliphatic heterocycles. The second-order valence-electron chi connectivity index (χ2n) is 3.49. The van der Waals surface area contributed by atoms with Crippen LogP contribution in [-0.4, -0.2) is 14.7 Å². The summed E-state index contributed by atoms with van der Waals surface area (Å²) < 4.78 is 38.5. The normalized spacial score (nSPS) is 12.3. The Bertz CT molecular complexity index is 531. The third-order valence-electron chi connectivity index (χ3n) is 2.30. The molecule has 2 aromatic rings. The van der Waals surface area contributed by atoms with E-state index in [-0.39, 0.29) is 11.0 Å². The first-order valence-corrected chi connectivity index (χ1v) is 4.58. The number of aromatic nitrogens is 2. The van der Waals surface area contributed by atoms with E-state index in [9.17, 15) is 13.2 Å². The summed E-state index contributed by atoms with van der Waals surface area (Å²) in [5.41, 5.74) is 1.33. The summed E-state index contributed by atoms with van der Waals surface area (Å²) >= 11 is 0. The van der Waals surface area contributed by atoms with Crippen LogP contribution in [0.4, 0.5) is 13.2 Å². The van der Waals surface area contributed by atoms with Crippen molar-refractivity contribution in [1.82, 2.24) is 9.55 Å². The Morgan fingerprint density at radius 2 is 2.06 bits per heavy atom. The molecule has 86 valence electrons. The third kappa shape index (κ3) is 1.65. The lowest BCUT2D eigenvalue weighted by Gasteiger charge is -2.07. The highest BCUT2D eigenvalue weighted by Crippen LogP contribution is 2.31. The van der Waals surface area contributed by atoms with E-state index in [2.05, 4.69) is 4.98 Å². The Hall–Kier alpha value is -1.56. The van der Waals surface area contributed by atoms with Crippen LogP contribution in [0.5, 0.6) is 0 Å². The monoisotopic (exact) mass is 230 g/mol. The van der Waals surface area contributed by atoms with Gasteiger partial charge in [0.15, 0.2) is 0 Å². The van der Waals surface area contributed by atoms with Gasteiger partial charge in [-0.3, -0.25) is 4.57 Å². The molecule has 0 atom stereocenters. The van der Waals surface area contributed by atoms with Gasteiger partial charge in [0.05, 0.1) is 11.0 Å². The second kappa shape index (κ2) is 3.48. The number of benzene rings is 1. The number of hydrogen-bond acceptors (Lipinski definition) is 2. The maximum absolute atomic E-state index is 12.6. The molecule has 1 aromatic heterocycles. The average Bonchev–Trinajstić information content (AvgIpc) is 2.54. The standard InChI is InChI=1S/C10H9F3N2O/c1-6-2-3-7-8(4-6)15(5-16)9(14-7)10(11,12)13/h2-4,16H,5H2,1H3. The van der Waals surface area contributed by atoms with Gasteiger partial charge in [0.25, 0.3) is 0 Å². The number of nitrogens with zero attached hydrogens (tertiary/aromatic N) is 2. The number of alkyl halides is 3. The summed E-state index contributed by atoms with van der Waals surface area (Å²) in [7, 11) is 0. The summed E-state index contributed by atoms with van der Waals surface area (Å²) in [6.45, 7) is 1.02. The molecule has 0 aliphatic carbocycles. The Labute approximate surface area is 89.1 Å². The van der Waals surface area contributed by atoms with Gasteiger partial charge >= 0.3 is 6.18 Å². The molecule has 16 heavy (non-hydrogen) atoms. The van der Waals surface area contributed by atoms with Gasteiger partial charge in [0.2, 0.25) is 5.82 Å². The lowest BCUT2D eigenvalue weighted by molar-refractivity contribution is -0.148. The number of aliphatic hydroxyl groups excluding tert-OH is 1. The third-order valence-corrected chi connectivity index (χ3v) is 2.30. The number of imidazole rings is 1. The molecule has 0 bridgehead atoms. The minimum atomic E-state index is -4.56. The SMILES string of the molecule is Cc1ccc2nc(C(F)(F)F)n(CO)c2c1. The van der Waals surface area contributed by atoms with Gasteiger partial charge in [-0.2, -0.15) is 13.2 Å². The Morgan fingerprint density at radius 3 is 2.62 bits per heavy atom. The number of fused-ring (bicyclic) bond motifs is 1. The topological polar surface area (TPSA) is 38.0 Å². The number of halogens is 3. The first kappa shape index (κ1) is 10.9. The zero-order valence-corrected chi connectivity index (χ0v) is 8.41. The fourth-order valence-corrected chi connectivity index (χ4v) is 1.59. The summed E-state index contributed by atoms with van der Waals surface area (Å²) in [6.07, 6.45) is -4.56. The van der Waals surface area contributed by atoms with E-state index in [1.165, 1.54) is 6.07 Å². The summed E-state index contributed by atoms with van der Waals surface area (Å²) in [5, 5.41) is 8.98. The van der Waals surface area contributed by atoms with E-state index in [4.69, 9.17) is 5.11 Å². The average molecular weight is 230 g/mol. The van der Waals surface area contributed by atoms with Crippen molar-refractivity contribution in [3.05, 3.63) is 29.6 Å². The van der Waals surface area contributed by atoms with E-state index < -0.39 is 18.7 Å². The van der Waals surface area contributed by atoms with Crippen LogP contribution in [0, 0.1) is 6.92 Å². The Morgan fingerprint density at radius 1 is 1.38 bits per heavy atom. The molecule has 0 amide bonds. The van der Waals surface area contributed by atoms with Crippen LogP contribution >= 0.6 is 0 Å². The van der Waals surface area contributed by atoms with Crippen molar-refractivity contribution in [2.24, 2.45) is 0 Å². The molecule has 2 rings (SSSR count). The van der Waals surface area contributed by atoms with Gasteiger partial charge in [-0.05, 0) is 24.6 Å². The van der Waals surface area contributed by atoms with Crippen molar-refractivity contribution in [2.75, 3.05) is 0 Å². The smallest absolute Gasteiger partial charge is 0.376 e. The highest BCUT2D eigenvalue weighted by atomic mass is 19.4. The number of aryl methyl sites for hydroxylation is 1. The van der Waals surface area contributed by atoms with E-state index in [0.717, 1.165) is 10.1 Å². The maximum Gasteiger partial charge on any atom is 0.449 e. The molecule has 1 heterocycles. The van der Waals surface area contributed by atoms with Crippen molar-refractivity contribution in [3.63, 3.8) is 0 Å². The molecule has 0 saturated carbocycles. The fraction of sp³-hybridized carbons (Fsp3) is 0.300. The van der Waals surface area contributed by atoms with E-state index >= 15 is 0 Å². The minimum Gasteiger partial charge on any atom is -0.376 e. The van der Waals surface area contributed by atoms with Crippen molar-refractivity contribution in [3.8, 4) is 0 Å². The second-order valence-corrected chi connectivity index (χ2v) is 3.49. The molecule has 0 aliphatic rings. The first-order valence-electron chi connectivity index (χ1n) is 4.58. The van der Waals surface area contributed by atoms with Gasteiger partial charge in [0, 0.05) is 0 Å². The zero-order valence-electron chi connectivity index (χ0n) is 8.41. The molecule has 0 spiro atoms. The molecular formula is C10H9F3N2O. The number of rotatable bonds is 1. The molecular weight excluding hydrogens is 221 g/mol. The summed E-state index contributed by atoms with van der Waals surface area (Å²) in [4.78, 5) is 3.47. The largest absolute Gasteiger partial charge is 0.449 e. The molecule has 1 aromatic carbocycles. The van der Waals surface area contributed by atoms with Gasteiger partial charge < -0.3 is 5.11 Å². The summed E-state index contributed by atoms with van der Waals surface area (Å²) in [5.74, 6) is -1.07. The molecule has 3 nitrogen and oxygen atoms in total. The van der Waals surface area contributed by atoms with Crippen molar-refractivity contribution >= 4 is 11.0 Å². The van der Waals surface area contributed by atoms with Crippen molar-refractivity contribution in [1.29, 1.82) is 0 Å². The molecule has 0 unspecified atom stereocenters. The Kier molecular flexibility index (Phi) is 2.38. The van der Waals surface area contributed by atoms with E-state index in [0.29, 0.717) is 0 Å². The number of hydrogen-bond donors (Lipinski definition) is 1. The summed E-state index contributed by atoms with van der Waals surface area (Å²) in [6, 6.07) is 4.75. The quantitative estimate of drug-likeness (QED) is 0.816. The zero-order chi connectivity index (χ0) is 11.9. The Balaban J connectivity index is 2.77. The van der Waals surface area contributed by atoms with Gasteiger partial charge in [-0.15, -0.1) is 0 Å². The lowest BCUT2D eigenvalue weighted by Crippen LogP contribution is -2.14. The van der Waals surface area contributed by atoms with Crippen molar-refractivity contribution in [2.45, 2.75) is 19.8 Å². The van der Waals surface area contributed by atoms with Crippen LogP contribution in [-0.2, 0) is 12.9 Å². The van der Waals surface area contributed by atoms with Gasteiger partial charge in [-0.25, -0.2) is 4.98 Å². The lowest BCUT2D eigenvalue weighted by atomic mass is 10.2. The van der Waals surface area contributed by atoms with Crippen LogP contribution in [0.25, 0.3) is 11.0 Å². The molecule has 6 heteroatoms. The van der Waals surface area contributed by atoms with Crippen LogP contribution in [0.1, 0.15) is 11.4 Å². The highest BCUT2D eigenvalue weighted by molar-refractivity contribution is 5.77. The molecule has 0 radical (unpaired) electrons. The maximum atomic E-state index is 12.6. The van der Waals surface area contributed by atoms with E-state index in [1.54, 1.807) is 19.1 Å². The molecule has 0 fully saturated rings. The van der Waals surface area contributed by atoms with Crippen molar-refractivity contribution < 1.29 is 18.3 Å². The van der Waals surface area contributed by atoms with Crippen LogP contribution in [0.3, 0.4) is 0 Å². The fourth-order valence-electron chi connectivity index (χ4n) is 1.59. The van der Waals surface area contributed by atoms with Crippen LogP contribution in [0.2, 0.25) is 0 Å². The highest BCUT2D eigenvalue weighted by Gasteiger charge is 2.37. The predicted octanol–water partition coefficient (Wildman–Crippen LogP) is 2.31. The van der Waals surface area contributed by atoms with Gasteiger partial charge in [-0.1, -0.05) is 6.07 Å². The first-order chi connectivity index (χ1) is 7.43. The molecule has 0 saturated heterocycles. The van der Waals surface area contributed by atoms with E-state index in [1.807, 2.05) is 0 Å². The number of aliphatic hydroxyl groups is 1. The van der Waals surface area contributed by atoms with Crippen LogP contribution < -0.4 is 0 Å². The van der Waals surface area contributed by atoms with Crippen LogP contribution in [0.15, 0.2) is 18.2 Å².